The Labute approximate surface area is 102 Å². The molecule has 3 nitrogen and oxygen atoms in total. The Hall–Kier alpha value is -1.43. The zero-order chi connectivity index (χ0) is 11.6. The first kappa shape index (κ1) is 11.1. The van der Waals surface area contributed by atoms with Gasteiger partial charge in [0.2, 0.25) is 6.08 Å². The maximum atomic E-state index is 10.4. The molecule has 0 saturated heterocycles. The van der Waals surface area contributed by atoms with E-state index in [1.807, 2.05) is 12.1 Å². The van der Waals surface area contributed by atoms with Crippen LogP contribution in [0.15, 0.2) is 27.7 Å². The fraction of sp³-hybridized carbons (Fsp3) is 0.333. The van der Waals surface area contributed by atoms with E-state index >= 15 is 0 Å². The predicted octanol–water partition coefficient (Wildman–Crippen LogP) is 2.54. The molecule has 80 valence electrons. The number of nitrogens with zero attached hydrogens (tertiary/aromatic N) is 2. The highest BCUT2D eigenvalue weighted by molar-refractivity contribution is 9.10. The molecule has 1 aliphatic rings. The molecule has 16 heavy (non-hydrogen) atoms. The molecule has 1 aromatic rings. The summed E-state index contributed by atoms with van der Waals surface area (Å²) in [4.78, 5) is 14.0. The van der Waals surface area contributed by atoms with Crippen LogP contribution in [0, 0.1) is 11.3 Å². The summed E-state index contributed by atoms with van der Waals surface area (Å²) in [5.41, 5.74) is 1.42. The Balaban J connectivity index is 2.41. The van der Waals surface area contributed by atoms with E-state index in [1.165, 1.54) is 11.6 Å². The van der Waals surface area contributed by atoms with Gasteiger partial charge < -0.3 is 0 Å². The summed E-state index contributed by atoms with van der Waals surface area (Å²) in [6.07, 6.45) is 3.37. The molecule has 0 aliphatic heterocycles. The van der Waals surface area contributed by atoms with Gasteiger partial charge in [0.25, 0.3) is 0 Å². The molecule has 0 bridgehead atoms. The van der Waals surface area contributed by atoms with Crippen LogP contribution in [-0.2, 0) is 17.6 Å². The van der Waals surface area contributed by atoms with E-state index in [9.17, 15) is 4.79 Å². The predicted molar refractivity (Wildman–Crippen MR) is 62.6 cm³/mol. The highest BCUT2D eigenvalue weighted by Crippen LogP contribution is 2.32. The van der Waals surface area contributed by atoms with E-state index in [0.29, 0.717) is 12.8 Å². The van der Waals surface area contributed by atoms with Gasteiger partial charge in [0.05, 0.1) is 6.07 Å². The number of hydrogen-bond acceptors (Lipinski definition) is 3. The second kappa shape index (κ2) is 4.21. The van der Waals surface area contributed by atoms with Crippen molar-refractivity contribution in [3.05, 3.63) is 33.8 Å². The number of aliphatic imine (C=N–C) groups is 1. The molecule has 1 unspecified atom stereocenters. The van der Waals surface area contributed by atoms with Crippen LogP contribution >= 0.6 is 15.9 Å². The molecule has 0 heterocycles. The smallest absolute Gasteiger partial charge is 0.211 e. The highest BCUT2D eigenvalue weighted by atomic mass is 79.9. The first-order valence-electron chi connectivity index (χ1n) is 4.97. The number of aryl methyl sites for hydroxylation is 1. The normalized spacial score (nSPS) is 22.8. The number of hydrogen-bond donors (Lipinski definition) is 0. The van der Waals surface area contributed by atoms with Crippen molar-refractivity contribution < 1.29 is 4.79 Å². The Morgan fingerprint density at radius 2 is 2.25 bits per heavy atom. The topological polar surface area (TPSA) is 53.2 Å². The maximum absolute atomic E-state index is 10.4. The zero-order valence-electron chi connectivity index (χ0n) is 8.53. The summed E-state index contributed by atoms with van der Waals surface area (Å²) in [5, 5.41) is 9.12. The Bertz CT molecular complexity index is 514. The maximum Gasteiger partial charge on any atom is 0.236 e. The summed E-state index contributed by atoms with van der Waals surface area (Å²) in [6.45, 7) is 0. The molecule has 0 amide bonds. The lowest BCUT2D eigenvalue weighted by molar-refractivity contribution is 0.464. The van der Waals surface area contributed by atoms with Gasteiger partial charge >= 0.3 is 0 Å². The van der Waals surface area contributed by atoms with E-state index < -0.39 is 5.54 Å². The van der Waals surface area contributed by atoms with Crippen molar-refractivity contribution in [1.29, 1.82) is 5.26 Å². The molecule has 0 aromatic heterocycles. The van der Waals surface area contributed by atoms with Crippen molar-refractivity contribution in [2.45, 2.75) is 24.8 Å². The molecular formula is C12H9BrN2O. The van der Waals surface area contributed by atoms with Crippen LogP contribution in [0.5, 0.6) is 0 Å². The van der Waals surface area contributed by atoms with Crippen molar-refractivity contribution in [3.63, 3.8) is 0 Å². The Morgan fingerprint density at radius 1 is 1.44 bits per heavy atom. The molecule has 0 saturated carbocycles. The number of fused-ring (bicyclic) bond motifs is 1. The van der Waals surface area contributed by atoms with Crippen molar-refractivity contribution >= 4 is 22.0 Å². The van der Waals surface area contributed by atoms with Gasteiger partial charge in [0.15, 0.2) is 5.54 Å². The minimum Gasteiger partial charge on any atom is -0.211 e. The van der Waals surface area contributed by atoms with Gasteiger partial charge in [-0.05, 0) is 36.1 Å². The van der Waals surface area contributed by atoms with Gasteiger partial charge in [-0.15, -0.1) is 0 Å². The third-order valence-corrected chi connectivity index (χ3v) is 3.42. The van der Waals surface area contributed by atoms with E-state index in [4.69, 9.17) is 5.26 Å². The Kier molecular flexibility index (Phi) is 2.91. The van der Waals surface area contributed by atoms with Crippen molar-refractivity contribution in [1.82, 2.24) is 0 Å². The van der Waals surface area contributed by atoms with Crippen LogP contribution < -0.4 is 0 Å². The highest BCUT2D eigenvalue weighted by Gasteiger charge is 2.34. The average Bonchev–Trinajstić information content (AvgIpc) is 2.30. The number of rotatable bonds is 1. The van der Waals surface area contributed by atoms with Crippen LogP contribution in [-0.4, -0.2) is 11.6 Å². The first-order valence-corrected chi connectivity index (χ1v) is 5.76. The number of carbonyl (C=O) groups excluding carboxylic acids is 1. The molecule has 1 aromatic carbocycles. The van der Waals surface area contributed by atoms with E-state index in [-0.39, 0.29) is 0 Å². The zero-order valence-corrected chi connectivity index (χ0v) is 10.1. The minimum atomic E-state index is -0.900. The van der Waals surface area contributed by atoms with Crippen molar-refractivity contribution in [3.8, 4) is 6.07 Å². The van der Waals surface area contributed by atoms with Crippen molar-refractivity contribution in [2.75, 3.05) is 0 Å². The third-order valence-electron chi connectivity index (χ3n) is 2.93. The van der Waals surface area contributed by atoms with Gasteiger partial charge in [0.1, 0.15) is 0 Å². The SMILES string of the molecule is N#CC1(N=C=O)CCc2cc(Br)ccc2C1. The van der Waals surface area contributed by atoms with E-state index in [0.717, 1.165) is 16.5 Å². The molecule has 1 aliphatic carbocycles. The second-order valence-electron chi connectivity index (χ2n) is 3.94. The molecule has 1 atom stereocenters. The van der Waals surface area contributed by atoms with Gasteiger partial charge in [0, 0.05) is 10.9 Å². The summed E-state index contributed by atoms with van der Waals surface area (Å²) in [6, 6.07) is 8.11. The molecule has 4 heteroatoms. The minimum absolute atomic E-state index is 0.501. The van der Waals surface area contributed by atoms with Gasteiger partial charge in [-0.3, -0.25) is 0 Å². The fourth-order valence-electron chi connectivity index (χ4n) is 2.05. The van der Waals surface area contributed by atoms with Gasteiger partial charge in [-0.1, -0.05) is 22.0 Å². The fourth-order valence-corrected chi connectivity index (χ4v) is 2.46. The summed E-state index contributed by atoms with van der Waals surface area (Å²) in [7, 11) is 0. The third kappa shape index (κ3) is 1.92. The van der Waals surface area contributed by atoms with E-state index in [2.05, 4.69) is 33.1 Å². The molecule has 0 fully saturated rings. The number of halogens is 1. The number of benzene rings is 1. The number of isocyanates is 1. The quantitative estimate of drug-likeness (QED) is 0.585. The first-order chi connectivity index (χ1) is 7.69. The van der Waals surface area contributed by atoms with Crippen LogP contribution in [0.25, 0.3) is 0 Å². The van der Waals surface area contributed by atoms with Gasteiger partial charge in [-0.2, -0.15) is 10.3 Å². The summed E-state index contributed by atoms with van der Waals surface area (Å²) < 4.78 is 1.04. The lowest BCUT2D eigenvalue weighted by Gasteiger charge is -2.27. The van der Waals surface area contributed by atoms with Crippen LogP contribution in [0.2, 0.25) is 0 Å². The van der Waals surface area contributed by atoms with E-state index in [1.54, 1.807) is 0 Å². The molecule has 0 radical (unpaired) electrons. The van der Waals surface area contributed by atoms with Crippen LogP contribution in [0.4, 0.5) is 0 Å². The summed E-state index contributed by atoms with van der Waals surface area (Å²) >= 11 is 3.42. The molecule has 0 spiro atoms. The van der Waals surface area contributed by atoms with Crippen molar-refractivity contribution in [2.24, 2.45) is 4.99 Å². The lowest BCUT2D eigenvalue weighted by atomic mass is 9.79. The largest absolute Gasteiger partial charge is 0.236 e. The Morgan fingerprint density at radius 3 is 2.94 bits per heavy atom. The van der Waals surface area contributed by atoms with Gasteiger partial charge in [-0.25, -0.2) is 4.79 Å². The summed E-state index contributed by atoms with van der Waals surface area (Å²) in [5.74, 6) is 0. The number of nitriles is 1. The standard InChI is InChI=1S/C12H9BrN2O/c13-11-2-1-10-6-12(7-14,15-8-16)4-3-9(10)5-11/h1-2,5H,3-4,6H2. The average molecular weight is 277 g/mol. The molecule has 0 N–H and O–H groups in total. The van der Waals surface area contributed by atoms with Crippen LogP contribution in [0.3, 0.4) is 0 Å². The molecular weight excluding hydrogens is 268 g/mol. The monoisotopic (exact) mass is 276 g/mol. The lowest BCUT2D eigenvalue weighted by Crippen LogP contribution is -2.32. The van der Waals surface area contributed by atoms with Crippen LogP contribution in [0.1, 0.15) is 17.5 Å². The second-order valence-corrected chi connectivity index (χ2v) is 4.85. The molecule has 2 rings (SSSR count).